The lowest BCUT2D eigenvalue weighted by Crippen LogP contribution is -2.46. The number of carbonyl (C=O) groups excluding carboxylic acids is 1. The van der Waals surface area contributed by atoms with Crippen molar-refractivity contribution in [1.82, 2.24) is 10.6 Å². The van der Waals surface area contributed by atoms with E-state index in [1.54, 1.807) is 7.11 Å². The van der Waals surface area contributed by atoms with Gasteiger partial charge in [-0.05, 0) is 6.42 Å². The van der Waals surface area contributed by atoms with E-state index >= 15 is 0 Å². The SMILES string of the molecule is COCCNC1CCC(=O)NC1. The Balaban J connectivity index is 2.05. The topological polar surface area (TPSA) is 50.4 Å². The van der Waals surface area contributed by atoms with E-state index in [0.717, 1.165) is 26.1 Å². The number of hydrogen-bond donors (Lipinski definition) is 2. The van der Waals surface area contributed by atoms with Crippen molar-refractivity contribution >= 4 is 5.91 Å². The third-order valence-corrected chi connectivity index (χ3v) is 2.00. The zero-order valence-corrected chi connectivity index (χ0v) is 7.43. The first-order chi connectivity index (χ1) is 5.83. The normalized spacial score (nSPS) is 23.8. The average molecular weight is 172 g/mol. The molecule has 70 valence electrons. The summed E-state index contributed by atoms with van der Waals surface area (Å²) in [6, 6.07) is 0.429. The lowest BCUT2D eigenvalue weighted by Gasteiger charge is -2.23. The van der Waals surface area contributed by atoms with E-state index in [0.29, 0.717) is 12.5 Å². The van der Waals surface area contributed by atoms with Crippen molar-refractivity contribution in [3.05, 3.63) is 0 Å². The molecule has 0 spiro atoms. The van der Waals surface area contributed by atoms with Crippen molar-refractivity contribution in [1.29, 1.82) is 0 Å². The molecule has 12 heavy (non-hydrogen) atoms. The van der Waals surface area contributed by atoms with E-state index in [1.807, 2.05) is 0 Å². The fourth-order valence-corrected chi connectivity index (χ4v) is 1.27. The van der Waals surface area contributed by atoms with Crippen LogP contribution in [0.1, 0.15) is 12.8 Å². The summed E-state index contributed by atoms with van der Waals surface area (Å²) in [4.78, 5) is 10.8. The number of rotatable bonds is 4. The molecule has 0 radical (unpaired) electrons. The van der Waals surface area contributed by atoms with Crippen LogP contribution in [0.2, 0.25) is 0 Å². The quantitative estimate of drug-likeness (QED) is 0.562. The van der Waals surface area contributed by atoms with E-state index in [9.17, 15) is 4.79 Å². The number of piperidine rings is 1. The molecule has 1 atom stereocenters. The molecule has 1 aliphatic rings. The van der Waals surface area contributed by atoms with Crippen LogP contribution >= 0.6 is 0 Å². The lowest BCUT2D eigenvalue weighted by atomic mass is 10.1. The number of ether oxygens (including phenoxy) is 1. The Bertz CT molecular complexity index is 140. The highest BCUT2D eigenvalue weighted by Crippen LogP contribution is 2.01. The summed E-state index contributed by atoms with van der Waals surface area (Å²) in [6.07, 6.45) is 1.58. The van der Waals surface area contributed by atoms with Crippen LogP contribution < -0.4 is 10.6 Å². The minimum Gasteiger partial charge on any atom is -0.383 e. The highest BCUT2D eigenvalue weighted by atomic mass is 16.5. The van der Waals surface area contributed by atoms with Gasteiger partial charge in [-0.3, -0.25) is 4.79 Å². The molecule has 1 heterocycles. The summed E-state index contributed by atoms with van der Waals surface area (Å²) in [5.41, 5.74) is 0. The standard InChI is InChI=1S/C8H16N2O2/c1-12-5-4-9-7-2-3-8(11)10-6-7/h7,9H,2-6H2,1H3,(H,10,11). The molecule has 1 aliphatic heterocycles. The molecular formula is C8H16N2O2. The Morgan fingerprint density at radius 2 is 2.58 bits per heavy atom. The lowest BCUT2D eigenvalue weighted by molar-refractivity contribution is -0.122. The Morgan fingerprint density at radius 3 is 3.17 bits per heavy atom. The van der Waals surface area contributed by atoms with Crippen molar-refractivity contribution in [3.8, 4) is 0 Å². The maximum atomic E-state index is 10.8. The van der Waals surface area contributed by atoms with E-state index in [1.165, 1.54) is 0 Å². The Kier molecular flexibility index (Phi) is 4.04. The summed E-state index contributed by atoms with van der Waals surface area (Å²) >= 11 is 0. The third-order valence-electron chi connectivity index (χ3n) is 2.00. The van der Waals surface area contributed by atoms with Crippen LogP contribution in [0.3, 0.4) is 0 Å². The van der Waals surface area contributed by atoms with Gasteiger partial charge in [-0.15, -0.1) is 0 Å². The van der Waals surface area contributed by atoms with Crippen LogP contribution in [-0.2, 0) is 9.53 Å². The Labute approximate surface area is 72.7 Å². The molecule has 1 amide bonds. The van der Waals surface area contributed by atoms with Gasteiger partial charge in [0.2, 0.25) is 5.91 Å². The summed E-state index contributed by atoms with van der Waals surface area (Å²) < 4.78 is 4.90. The van der Waals surface area contributed by atoms with Crippen LogP contribution in [0.25, 0.3) is 0 Å². The first-order valence-corrected chi connectivity index (χ1v) is 4.32. The largest absolute Gasteiger partial charge is 0.383 e. The molecule has 1 rings (SSSR count). The van der Waals surface area contributed by atoms with Crippen LogP contribution in [0, 0.1) is 0 Å². The molecule has 4 nitrogen and oxygen atoms in total. The van der Waals surface area contributed by atoms with Gasteiger partial charge in [0.1, 0.15) is 0 Å². The van der Waals surface area contributed by atoms with Crippen molar-refractivity contribution in [2.45, 2.75) is 18.9 Å². The smallest absolute Gasteiger partial charge is 0.220 e. The number of nitrogens with one attached hydrogen (secondary N) is 2. The zero-order chi connectivity index (χ0) is 8.81. The van der Waals surface area contributed by atoms with Crippen LogP contribution in [0.4, 0.5) is 0 Å². The van der Waals surface area contributed by atoms with E-state index < -0.39 is 0 Å². The van der Waals surface area contributed by atoms with Gasteiger partial charge in [-0.2, -0.15) is 0 Å². The number of carbonyl (C=O) groups is 1. The summed E-state index contributed by atoms with van der Waals surface area (Å²) in [5, 5.41) is 6.12. The molecule has 1 unspecified atom stereocenters. The maximum absolute atomic E-state index is 10.8. The molecule has 4 heteroatoms. The number of amides is 1. The van der Waals surface area contributed by atoms with Crippen molar-refractivity contribution < 1.29 is 9.53 Å². The van der Waals surface area contributed by atoms with Gasteiger partial charge in [0, 0.05) is 32.7 Å². The first-order valence-electron chi connectivity index (χ1n) is 4.32. The average Bonchev–Trinajstić information content (AvgIpc) is 2.09. The number of hydrogen-bond acceptors (Lipinski definition) is 3. The van der Waals surface area contributed by atoms with Gasteiger partial charge < -0.3 is 15.4 Å². The zero-order valence-electron chi connectivity index (χ0n) is 7.43. The van der Waals surface area contributed by atoms with Crippen LogP contribution in [0.5, 0.6) is 0 Å². The molecule has 0 aromatic rings. The highest BCUT2D eigenvalue weighted by molar-refractivity contribution is 5.76. The maximum Gasteiger partial charge on any atom is 0.220 e. The minimum atomic E-state index is 0.166. The predicted molar refractivity (Wildman–Crippen MR) is 45.9 cm³/mol. The van der Waals surface area contributed by atoms with E-state index in [4.69, 9.17) is 4.74 Å². The van der Waals surface area contributed by atoms with E-state index in [-0.39, 0.29) is 5.91 Å². The molecule has 0 saturated carbocycles. The predicted octanol–water partition coefficient (Wildman–Crippen LogP) is -0.499. The van der Waals surface area contributed by atoms with Gasteiger partial charge >= 0.3 is 0 Å². The second-order valence-corrected chi connectivity index (χ2v) is 2.99. The summed E-state index contributed by atoms with van der Waals surface area (Å²) in [6.45, 7) is 2.34. The second kappa shape index (κ2) is 5.11. The van der Waals surface area contributed by atoms with Crippen LogP contribution in [-0.4, -0.2) is 38.8 Å². The molecular weight excluding hydrogens is 156 g/mol. The van der Waals surface area contributed by atoms with Gasteiger partial charge in [-0.25, -0.2) is 0 Å². The van der Waals surface area contributed by atoms with Crippen molar-refractivity contribution in [3.63, 3.8) is 0 Å². The molecule has 1 saturated heterocycles. The Morgan fingerprint density at radius 1 is 1.75 bits per heavy atom. The van der Waals surface area contributed by atoms with Gasteiger partial charge in [0.15, 0.2) is 0 Å². The number of methoxy groups -OCH3 is 1. The molecule has 0 aromatic carbocycles. The summed E-state index contributed by atoms with van der Waals surface area (Å²) in [7, 11) is 1.68. The van der Waals surface area contributed by atoms with Gasteiger partial charge in [0.25, 0.3) is 0 Å². The molecule has 2 N–H and O–H groups in total. The minimum absolute atomic E-state index is 0.166. The van der Waals surface area contributed by atoms with E-state index in [2.05, 4.69) is 10.6 Å². The molecule has 0 aliphatic carbocycles. The van der Waals surface area contributed by atoms with Crippen molar-refractivity contribution in [2.75, 3.05) is 26.8 Å². The highest BCUT2D eigenvalue weighted by Gasteiger charge is 2.16. The first kappa shape index (κ1) is 9.48. The van der Waals surface area contributed by atoms with Gasteiger partial charge in [0.05, 0.1) is 6.61 Å². The fourth-order valence-electron chi connectivity index (χ4n) is 1.27. The second-order valence-electron chi connectivity index (χ2n) is 2.99. The molecule has 0 bridgehead atoms. The van der Waals surface area contributed by atoms with Crippen molar-refractivity contribution in [2.24, 2.45) is 0 Å². The molecule has 0 aromatic heterocycles. The van der Waals surface area contributed by atoms with Crippen LogP contribution in [0.15, 0.2) is 0 Å². The summed E-state index contributed by atoms with van der Waals surface area (Å²) in [5.74, 6) is 0.166. The Hall–Kier alpha value is -0.610. The molecule has 1 fully saturated rings. The fraction of sp³-hybridized carbons (Fsp3) is 0.875. The van der Waals surface area contributed by atoms with Gasteiger partial charge in [-0.1, -0.05) is 0 Å². The third kappa shape index (κ3) is 3.19. The monoisotopic (exact) mass is 172 g/mol.